The molecule has 1 amide bonds. The molecule has 0 heterocycles. The number of nitrogens with two attached hydrogens (primary N) is 1. The van der Waals surface area contributed by atoms with Gasteiger partial charge in [-0.15, -0.1) is 24.0 Å². The Morgan fingerprint density at radius 2 is 2.16 bits per heavy atom. The van der Waals surface area contributed by atoms with Crippen LogP contribution < -0.4 is 16.4 Å². The van der Waals surface area contributed by atoms with Crippen molar-refractivity contribution < 1.29 is 9.53 Å². The van der Waals surface area contributed by atoms with E-state index in [9.17, 15) is 4.79 Å². The summed E-state index contributed by atoms with van der Waals surface area (Å²) in [5.41, 5.74) is 5.71. The van der Waals surface area contributed by atoms with Crippen LogP contribution in [-0.4, -0.2) is 37.8 Å². The molecule has 1 unspecified atom stereocenters. The van der Waals surface area contributed by atoms with Gasteiger partial charge in [-0.05, 0) is 32.1 Å². The maximum absolute atomic E-state index is 11.4. The van der Waals surface area contributed by atoms with Crippen molar-refractivity contribution in [2.45, 2.75) is 39.2 Å². The number of nitrogens with zero attached hydrogens (tertiary/aromatic N) is 1. The molecule has 4 N–H and O–H groups in total. The first-order valence-electron chi connectivity index (χ1n) is 6.64. The number of halogens is 1. The number of hydrogen-bond acceptors (Lipinski definition) is 3. The molecule has 0 aromatic rings. The highest BCUT2D eigenvalue weighted by Crippen LogP contribution is 2.32. The first-order chi connectivity index (χ1) is 8.67. The van der Waals surface area contributed by atoms with Gasteiger partial charge < -0.3 is 21.1 Å². The van der Waals surface area contributed by atoms with Crippen LogP contribution in [0.3, 0.4) is 0 Å². The summed E-state index contributed by atoms with van der Waals surface area (Å²) >= 11 is 0. The van der Waals surface area contributed by atoms with Crippen LogP contribution in [0.25, 0.3) is 0 Å². The lowest BCUT2D eigenvalue weighted by molar-refractivity contribution is 0.147. The Hall–Kier alpha value is -0.730. The van der Waals surface area contributed by atoms with E-state index in [1.807, 2.05) is 0 Å². The molecule has 19 heavy (non-hydrogen) atoms. The summed E-state index contributed by atoms with van der Waals surface area (Å²) < 4.78 is 4.88. The van der Waals surface area contributed by atoms with Gasteiger partial charge in [-0.1, -0.05) is 6.92 Å². The van der Waals surface area contributed by atoms with Crippen LogP contribution in [0.5, 0.6) is 0 Å². The molecule has 7 heteroatoms. The van der Waals surface area contributed by atoms with E-state index in [1.165, 1.54) is 0 Å². The second kappa shape index (κ2) is 10.1. The average molecular weight is 384 g/mol. The van der Waals surface area contributed by atoms with E-state index in [2.05, 4.69) is 22.5 Å². The van der Waals surface area contributed by atoms with Gasteiger partial charge >= 0.3 is 6.09 Å². The highest BCUT2D eigenvalue weighted by molar-refractivity contribution is 14.0. The molecule has 112 valence electrons. The fraction of sp³-hybridized carbons (Fsp3) is 0.833. The second-order valence-corrected chi connectivity index (χ2v) is 4.46. The summed E-state index contributed by atoms with van der Waals surface area (Å²) in [6.07, 6.45) is 2.90. The van der Waals surface area contributed by atoms with Crippen LogP contribution >= 0.6 is 24.0 Å². The summed E-state index contributed by atoms with van der Waals surface area (Å²) in [4.78, 5) is 15.6. The smallest absolute Gasteiger partial charge is 0.407 e. The normalized spacial score (nSPS) is 16.2. The monoisotopic (exact) mass is 384 g/mol. The summed E-state index contributed by atoms with van der Waals surface area (Å²) in [6, 6.07) is 0.0334. The lowest BCUT2D eigenvalue weighted by Crippen LogP contribution is -2.40. The Kier molecular flexibility index (Phi) is 9.72. The third kappa shape index (κ3) is 8.12. The number of alkyl carbamates (subject to hydrolysis) is 1. The molecule has 1 atom stereocenters. The maximum atomic E-state index is 11.4. The molecule has 1 fully saturated rings. The highest BCUT2D eigenvalue weighted by atomic mass is 127. The standard InChI is InChI=1S/C12H24N4O2.HI/c1-3-7-14-11(13)15-8-10(9-5-6-9)16-12(17)18-4-2;/h9-10H,3-8H2,1-2H3,(H,16,17)(H3,13,14,15);1H. The summed E-state index contributed by atoms with van der Waals surface area (Å²) in [7, 11) is 0. The van der Waals surface area contributed by atoms with Crippen LogP contribution in [0.1, 0.15) is 33.1 Å². The maximum Gasteiger partial charge on any atom is 0.407 e. The van der Waals surface area contributed by atoms with Crippen molar-refractivity contribution in [1.29, 1.82) is 0 Å². The molecule has 1 saturated carbocycles. The predicted octanol–water partition coefficient (Wildman–Crippen LogP) is 1.44. The van der Waals surface area contributed by atoms with Gasteiger partial charge in [0.05, 0.1) is 19.2 Å². The van der Waals surface area contributed by atoms with Crippen molar-refractivity contribution in [3.05, 3.63) is 0 Å². The highest BCUT2D eigenvalue weighted by Gasteiger charge is 2.32. The minimum Gasteiger partial charge on any atom is -0.450 e. The number of carbonyl (C=O) groups excluding carboxylic acids is 1. The van der Waals surface area contributed by atoms with Gasteiger partial charge in [-0.3, -0.25) is 4.99 Å². The molecule has 1 aliphatic carbocycles. The minimum atomic E-state index is -0.371. The number of rotatable bonds is 7. The number of guanidine groups is 1. The Morgan fingerprint density at radius 3 is 2.68 bits per heavy atom. The largest absolute Gasteiger partial charge is 0.450 e. The Balaban J connectivity index is 0.00000324. The fourth-order valence-corrected chi connectivity index (χ4v) is 1.64. The van der Waals surface area contributed by atoms with Gasteiger partial charge in [0.25, 0.3) is 0 Å². The van der Waals surface area contributed by atoms with Crippen molar-refractivity contribution in [2.75, 3.05) is 19.7 Å². The van der Waals surface area contributed by atoms with Gasteiger partial charge in [-0.2, -0.15) is 0 Å². The lowest BCUT2D eigenvalue weighted by Gasteiger charge is -2.16. The first-order valence-corrected chi connectivity index (χ1v) is 6.64. The Morgan fingerprint density at radius 1 is 1.47 bits per heavy atom. The summed E-state index contributed by atoms with van der Waals surface area (Å²) in [5.74, 6) is 0.949. The van der Waals surface area contributed by atoms with Gasteiger partial charge in [0.1, 0.15) is 0 Å². The number of amides is 1. The zero-order valence-electron chi connectivity index (χ0n) is 11.6. The molecule has 1 rings (SSSR count). The Labute approximate surface area is 132 Å². The molecule has 0 saturated heterocycles. The topological polar surface area (TPSA) is 88.7 Å². The molecule has 1 aliphatic rings. The fourth-order valence-electron chi connectivity index (χ4n) is 1.64. The van der Waals surface area contributed by atoms with E-state index in [0.717, 1.165) is 25.8 Å². The molecule has 0 bridgehead atoms. The molecule has 0 spiro atoms. The third-order valence-corrected chi connectivity index (χ3v) is 2.78. The zero-order valence-corrected chi connectivity index (χ0v) is 14.0. The number of hydrogen-bond donors (Lipinski definition) is 3. The van der Waals surface area contributed by atoms with Gasteiger partial charge in [0, 0.05) is 6.54 Å². The molecule has 6 nitrogen and oxygen atoms in total. The third-order valence-electron chi connectivity index (χ3n) is 2.78. The molecule has 0 aromatic carbocycles. The van der Waals surface area contributed by atoms with E-state index in [-0.39, 0.29) is 36.1 Å². The number of ether oxygens (including phenoxy) is 1. The number of nitrogens with one attached hydrogen (secondary N) is 2. The number of carbonyl (C=O) groups is 1. The predicted molar refractivity (Wildman–Crippen MR) is 86.9 cm³/mol. The minimum absolute atomic E-state index is 0. The van der Waals surface area contributed by atoms with Crippen LogP contribution in [0.15, 0.2) is 4.99 Å². The summed E-state index contributed by atoms with van der Waals surface area (Å²) in [5, 5.41) is 5.85. The first kappa shape index (κ1) is 18.3. The Bertz CT molecular complexity index is 295. The van der Waals surface area contributed by atoms with Crippen LogP contribution in [0, 0.1) is 5.92 Å². The molecule has 0 aromatic heterocycles. The van der Waals surface area contributed by atoms with Crippen molar-refractivity contribution >= 4 is 36.0 Å². The zero-order chi connectivity index (χ0) is 13.4. The van der Waals surface area contributed by atoms with E-state index >= 15 is 0 Å². The molecule has 0 aliphatic heterocycles. The quantitative estimate of drug-likeness (QED) is 0.352. The van der Waals surface area contributed by atoms with Crippen molar-refractivity contribution in [2.24, 2.45) is 16.6 Å². The van der Waals surface area contributed by atoms with E-state index in [0.29, 0.717) is 25.0 Å². The van der Waals surface area contributed by atoms with Crippen molar-refractivity contribution in [3.63, 3.8) is 0 Å². The molecular formula is C12H25IN4O2. The number of aliphatic imine (C=N–C) groups is 1. The lowest BCUT2D eigenvalue weighted by atomic mass is 10.2. The second-order valence-electron chi connectivity index (χ2n) is 4.46. The van der Waals surface area contributed by atoms with Gasteiger partial charge in [-0.25, -0.2) is 4.79 Å². The van der Waals surface area contributed by atoms with Crippen molar-refractivity contribution in [3.8, 4) is 0 Å². The average Bonchev–Trinajstić information content (AvgIpc) is 3.16. The van der Waals surface area contributed by atoms with E-state index < -0.39 is 0 Å². The van der Waals surface area contributed by atoms with E-state index in [1.54, 1.807) is 6.92 Å². The molecule has 0 radical (unpaired) electrons. The van der Waals surface area contributed by atoms with Gasteiger partial charge in [0.15, 0.2) is 5.96 Å². The van der Waals surface area contributed by atoms with Crippen LogP contribution in [0.4, 0.5) is 4.79 Å². The van der Waals surface area contributed by atoms with Gasteiger partial charge in [0.2, 0.25) is 0 Å². The van der Waals surface area contributed by atoms with Crippen molar-refractivity contribution in [1.82, 2.24) is 10.6 Å². The SMILES string of the molecule is CCCNC(N)=NCC(NC(=O)OCC)C1CC1.I. The van der Waals surface area contributed by atoms with Crippen LogP contribution in [0.2, 0.25) is 0 Å². The summed E-state index contributed by atoms with van der Waals surface area (Å²) in [6.45, 7) is 5.56. The van der Waals surface area contributed by atoms with E-state index in [4.69, 9.17) is 10.5 Å². The van der Waals surface area contributed by atoms with Crippen LogP contribution in [-0.2, 0) is 4.74 Å². The molecular weight excluding hydrogens is 359 g/mol.